The van der Waals surface area contributed by atoms with Crippen LogP contribution < -0.4 is 10.2 Å². The van der Waals surface area contributed by atoms with Crippen molar-refractivity contribution in [1.82, 2.24) is 14.1 Å². The lowest BCUT2D eigenvalue weighted by molar-refractivity contribution is -0.115. The SMILES string of the molecule is CC(=O)N(C1=NCCN1)c1c(Cl)ccc2nsnc12. The number of aromatic nitrogens is 2. The third-order valence-corrected chi connectivity index (χ3v) is 3.61. The Hall–Kier alpha value is -1.73. The molecule has 19 heavy (non-hydrogen) atoms. The number of halogens is 1. The van der Waals surface area contributed by atoms with Crippen LogP contribution in [0, 0.1) is 0 Å². The van der Waals surface area contributed by atoms with Crippen LogP contribution in [0.1, 0.15) is 6.92 Å². The van der Waals surface area contributed by atoms with Crippen molar-refractivity contribution in [2.24, 2.45) is 4.99 Å². The number of carbonyl (C=O) groups excluding carboxylic acids is 1. The fourth-order valence-corrected chi connectivity index (χ4v) is 2.75. The quantitative estimate of drug-likeness (QED) is 0.868. The maximum absolute atomic E-state index is 12.0. The zero-order valence-corrected chi connectivity index (χ0v) is 11.6. The van der Waals surface area contributed by atoms with Gasteiger partial charge >= 0.3 is 0 Å². The number of nitrogens with zero attached hydrogens (tertiary/aromatic N) is 4. The van der Waals surface area contributed by atoms with Gasteiger partial charge in [-0.2, -0.15) is 8.75 Å². The number of fused-ring (bicyclic) bond motifs is 1. The minimum absolute atomic E-state index is 0.171. The summed E-state index contributed by atoms with van der Waals surface area (Å²) < 4.78 is 8.39. The Bertz CT molecular complexity index is 683. The average Bonchev–Trinajstić information content (AvgIpc) is 3.02. The lowest BCUT2D eigenvalue weighted by Crippen LogP contribution is -2.42. The summed E-state index contributed by atoms with van der Waals surface area (Å²) in [5.74, 6) is 0.338. The van der Waals surface area contributed by atoms with Crippen LogP contribution in [0.25, 0.3) is 11.0 Å². The number of anilines is 1. The van der Waals surface area contributed by atoms with Crippen LogP contribution >= 0.6 is 23.3 Å². The van der Waals surface area contributed by atoms with Crippen molar-refractivity contribution in [3.05, 3.63) is 17.2 Å². The second-order valence-electron chi connectivity index (χ2n) is 4.01. The molecule has 0 bridgehead atoms. The fraction of sp³-hybridized carbons (Fsp3) is 0.273. The van der Waals surface area contributed by atoms with Gasteiger partial charge in [0.05, 0.1) is 29.0 Å². The molecule has 1 N–H and O–H groups in total. The topological polar surface area (TPSA) is 70.5 Å². The minimum Gasteiger partial charge on any atom is -0.354 e. The van der Waals surface area contributed by atoms with Crippen molar-refractivity contribution >= 4 is 51.9 Å². The van der Waals surface area contributed by atoms with E-state index in [-0.39, 0.29) is 5.91 Å². The molecule has 1 aliphatic rings. The van der Waals surface area contributed by atoms with Crippen molar-refractivity contribution in [3.8, 4) is 0 Å². The van der Waals surface area contributed by atoms with Crippen molar-refractivity contribution in [3.63, 3.8) is 0 Å². The Morgan fingerprint density at radius 3 is 3.00 bits per heavy atom. The first kappa shape index (κ1) is 12.3. The molecule has 0 fully saturated rings. The molecule has 3 rings (SSSR count). The Morgan fingerprint density at radius 2 is 2.32 bits per heavy atom. The molecule has 1 aliphatic heterocycles. The Balaban J connectivity index is 2.22. The number of aliphatic imine (C=N–C) groups is 1. The number of hydrogen-bond donors (Lipinski definition) is 1. The van der Waals surface area contributed by atoms with Crippen molar-refractivity contribution in [2.75, 3.05) is 18.0 Å². The third kappa shape index (κ3) is 2.04. The Kier molecular flexibility index (Phi) is 3.08. The average molecular weight is 296 g/mol. The summed E-state index contributed by atoms with van der Waals surface area (Å²) in [5.41, 5.74) is 1.87. The largest absolute Gasteiger partial charge is 0.354 e. The molecule has 2 aromatic rings. The highest BCUT2D eigenvalue weighted by atomic mass is 35.5. The molecule has 0 unspecified atom stereocenters. The molecule has 0 spiro atoms. The van der Waals surface area contributed by atoms with Crippen LogP contribution in [0.3, 0.4) is 0 Å². The zero-order chi connectivity index (χ0) is 13.4. The summed E-state index contributed by atoms with van der Waals surface area (Å²) in [7, 11) is 0. The van der Waals surface area contributed by atoms with Crippen LogP contribution in [0.15, 0.2) is 17.1 Å². The van der Waals surface area contributed by atoms with Gasteiger partial charge in [-0.15, -0.1) is 0 Å². The van der Waals surface area contributed by atoms with Crippen LogP contribution in [-0.2, 0) is 4.79 Å². The van der Waals surface area contributed by atoms with E-state index in [1.807, 2.05) is 0 Å². The van der Waals surface area contributed by atoms with E-state index in [0.29, 0.717) is 40.8 Å². The van der Waals surface area contributed by atoms with Gasteiger partial charge in [-0.25, -0.2) is 4.90 Å². The molecule has 0 atom stereocenters. The molecule has 0 saturated carbocycles. The second-order valence-corrected chi connectivity index (χ2v) is 4.95. The normalized spacial score (nSPS) is 14.3. The molecular weight excluding hydrogens is 286 g/mol. The molecule has 1 aromatic heterocycles. The third-order valence-electron chi connectivity index (χ3n) is 2.76. The van der Waals surface area contributed by atoms with E-state index >= 15 is 0 Å². The van der Waals surface area contributed by atoms with Gasteiger partial charge in [0, 0.05) is 13.5 Å². The number of carbonyl (C=O) groups is 1. The van der Waals surface area contributed by atoms with Crippen molar-refractivity contribution in [1.29, 1.82) is 0 Å². The second kappa shape index (κ2) is 4.75. The van der Waals surface area contributed by atoms with Gasteiger partial charge in [0.15, 0.2) is 0 Å². The number of benzene rings is 1. The summed E-state index contributed by atoms with van der Waals surface area (Å²) in [5, 5.41) is 3.52. The lowest BCUT2D eigenvalue weighted by Gasteiger charge is -2.22. The Morgan fingerprint density at radius 1 is 1.47 bits per heavy atom. The van der Waals surface area contributed by atoms with Gasteiger partial charge in [-0.3, -0.25) is 9.79 Å². The van der Waals surface area contributed by atoms with Gasteiger partial charge in [-0.1, -0.05) is 11.6 Å². The van der Waals surface area contributed by atoms with E-state index in [1.165, 1.54) is 11.8 Å². The summed E-state index contributed by atoms with van der Waals surface area (Å²) in [6.45, 7) is 2.82. The predicted molar refractivity (Wildman–Crippen MR) is 75.9 cm³/mol. The monoisotopic (exact) mass is 295 g/mol. The molecule has 8 heteroatoms. The minimum atomic E-state index is -0.171. The van der Waals surface area contributed by atoms with Crippen molar-refractivity contribution < 1.29 is 4.79 Å². The van der Waals surface area contributed by atoms with E-state index in [0.717, 1.165) is 11.7 Å². The Labute approximate surface area is 118 Å². The molecule has 0 aliphatic carbocycles. The van der Waals surface area contributed by atoms with Crippen LogP contribution in [0.5, 0.6) is 0 Å². The van der Waals surface area contributed by atoms with E-state index in [4.69, 9.17) is 11.6 Å². The first-order chi connectivity index (χ1) is 9.18. The summed E-state index contributed by atoms with van der Waals surface area (Å²) in [4.78, 5) is 17.7. The number of hydrogen-bond acceptors (Lipinski definition) is 6. The van der Waals surface area contributed by atoms with Gasteiger partial charge in [0.1, 0.15) is 11.0 Å². The number of nitrogens with one attached hydrogen (secondary N) is 1. The predicted octanol–water partition coefficient (Wildman–Crippen LogP) is 1.66. The van der Waals surface area contributed by atoms with E-state index in [9.17, 15) is 4.79 Å². The van der Waals surface area contributed by atoms with E-state index < -0.39 is 0 Å². The highest BCUT2D eigenvalue weighted by Gasteiger charge is 2.26. The van der Waals surface area contributed by atoms with Gasteiger partial charge in [0.25, 0.3) is 0 Å². The molecule has 6 nitrogen and oxygen atoms in total. The van der Waals surface area contributed by atoms with Crippen LogP contribution in [0.2, 0.25) is 5.02 Å². The number of rotatable bonds is 1. The molecule has 2 heterocycles. The van der Waals surface area contributed by atoms with Gasteiger partial charge in [-0.05, 0) is 12.1 Å². The highest BCUT2D eigenvalue weighted by molar-refractivity contribution is 7.00. The number of guanidine groups is 1. The van der Waals surface area contributed by atoms with Crippen LogP contribution in [0.4, 0.5) is 5.69 Å². The smallest absolute Gasteiger partial charge is 0.230 e. The molecular formula is C11H10ClN5OS. The molecule has 1 aromatic carbocycles. The molecule has 0 saturated heterocycles. The van der Waals surface area contributed by atoms with E-state index in [1.54, 1.807) is 12.1 Å². The maximum Gasteiger partial charge on any atom is 0.230 e. The molecule has 0 radical (unpaired) electrons. The standard InChI is InChI=1S/C11H10ClN5OS/c1-6(18)17(11-13-4-5-14-11)10-7(12)2-3-8-9(10)16-19-15-8/h2-3H,4-5H2,1H3,(H,13,14). The first-order valence-corrected chi connectivity index (χ1v) is 6.79. The lowest BCUT2D eigenvalue weighted by atomic mass is 10.2. The summed E-state index contributed by atoms with van der Waals surface area (Å²) >= 11 is 7.33. The number of amides is 1. The van der Waals surface area contributed by atoms with Gasteiger partial charge < -0.3 is 5.32 Å². The zero-order valence-electron chi connectivity index (χ0n) is 10.1. The molecule has 98 valence electrons. The van der Waals surface area contributed by atoms with Gasteiger partial charge in [0.2, 0.25) is 11.9 Å². The van der Waals surface area contributed by atoms with E-state index in [2.05, 4.69) is 19.1 Å². The highest BCUT2D eigenvalue weighted by Crippen LogP contribution is 2.33. The maximum atomic E-state index is 12.0. The van der Waals surface area contributed by atoms with Crippen molar-refractivity contribution in [2.45, 2.75) is 6.92 Å². The first-order valence-electron chi connectivity index (χ1n) is 5.68. The van der Waals surface area contributed by atoms with Crippen LogP contribution in [-0.4, -0.2) is 33.7 Å². The summed E-state index contributed by atoms with van der Waals surface area (Å²) in [6, 6.07) is 3.50. The fourth-order valence-electron chi connectivity index (χ4n) is 1.97. The molecule has 1 amide bonds. The summed E-state index contributed by atoms with van der Waals surface area (Å²) in [6.07, 6.45) is 0.